The van der Waals surface area contributed by atoms with Gasteiger partial charge in [0.15, 0.2) is 0 Å². The summed E-state index contributed by atoms with van der Waals surface area (Å²) < 4.78 is 0. The van der Waals surface area contributed by atoms with Gasteiger partial charge in [0.2, 0.25) is 0 Å². The molecule has 0 saturated carbocycles. The van der Waals surface area contributed by atoms with Gasteiger partial charge in [-0.05, 0) is 61.9 Å². The van der Waals surface area contributed by atoms with Crippen LogP contribution in [0.25, 0.3) is 6.08 Å². The molecule has 0 radical (unpaired) electrons. The van der Waals surface area contributed by atoms with E-state index in [-0.39, 0.29) is 0 Å². The Morgan fingerprint density at radius 2 is 1.95 bits per heavy atom. The number of rotatable bonds is 4. The lowest BCUT2D eigenvalue weighted by atomic mass is 9.96. The van der Waals surface area contributed by atoms with Crippen molar-refractivity contribution in [2.24, 2.45) is 5.73 Å². The highest BCUT2D eigenvalue weighted by atomic mass is 14.6. The molecule has 1 aliphatic rings. The van der Waals surface area contributed by atoms with E-state index in [1.54, 1.807) is 0 Å². The van der Waals surface area contributed by atoms with E-state index in [2.05, 4.69) is 24.3 Å². The molecule has 2 heteroatoms. The predicted octanol–water partition coefficient (Wildman–Crippen LogP) is 3.80. The number of aryl methyl sites for hydroxylation is 1. The number of hydrogen-bond donors (Lipinski definition) is 2. The second-order valence-corrected chi connectivity index (χ2v) is 5.03. The van der Waals surface area contributed by atoms with Gasteiger partial charge in [-0.25, -0.2) is 0 Å². The third kappa shape index (κ3) is 3.75. The first kappa shape index (κ1) is 13.5. The Morgan fingerprint density at radius 3 is 2.63 bits per heavy atom. The van der Waals surface area contributed by atoms with Crippen molar-refractivity contribution in [3.63, 3.8) is 0 Å². The number of nitrogens with two attached hydrogens (primary N) is 2. The topological polar surface area (TPSA) is 52.0 Å². The number of hydrogen-bond acceptors (Lipinski definition) is 2. The minimum absolute atomic E-state index is 0.842. The van der Waals surface area contributed by atoms with E-state index >= 15 is 0 Å². The molecular formula is C17H22N2. The van der Waals surface area contributed by atoms with E-state index < -0.39 is 0 Å². The molecule has 1 aromatic carbocycles. The maximum absolute atomic E-state index is 5.95. The zero-order chi connectivity index (χ0) is 13.7. The molecule has 0 saturated heterocycles. The molecule has 0 atom stereocenters. The molecule has 0 heterocycles. The van der Waals surface area contributed by atoms with Gasteiger partial charge in [-0.1, -0.05) is 29.9 Å². The summed E-state index contributed by atoms with van der Waals surface area (Å²) in [6.07, 6.45) is 12.5. The number of benzene rings is 1. The van der Waals surface area contributed by atoms with E-state index in [1.807, 2.05) is 25.1 Å². The lowest BCUT2D eigenvalue weighted by molar-refractivity contribution is 0.810. The van der Waals surface area contributed by atoms with E-state index in [0.29, 0.717) is 0 Å². The van der Waals surface area contributed by atoms with Crippen LogP contribution in [0.1, 0.15) is 37.3 Å². The maximum Gasteiger partial charge on any atom is 0.0387 e. The minimum Gasteiger partial charge on any atom is -0.402 e. The molecule has 0 amide bonds. The molecule has 0 bridgehead atoms. The molecule has 19 heavy (non-hydrogen) atoms. The molecule has 0 fully saturated rings. The Labute approximate surface area is 115 Å². The van der Waals surface area contributed by atoms with Gasteiger partial charge >= 0.3 is 0 Å². The average Bonchev–Trinajstić information content (AvgIpc) is 2.42. The van der Waals surface area contributed by atoms with Crippen molar-refractivity contribution in [2.75, 3.05) is 5.73 Å². The maximum atomic E-state index is 5.95. The molecular weight excluding hydrogens is 232 g/mol. The van der Waals surface area contributed by atoms with Crippen molar-refractivity contribution in [1.29, 1.82) is 0 Å². The molecule has 2 rings (SSSR count). The lowest BCUT2D eigenvalue weighted by Crippen LogP contribution is -2.02. The zero-order valence-electron chi connectivity index (χ0n) is 11.5. The molecule has 1 aliphatic carbocycles. The summed E-state index contributed by atoms with van der Waals surface area (Å²) in [4.78, 5) is 0. The Morgan fingerprint density at radius 1 is 1.11 bits per heavy atom. The van der Waals surface area contributed by atoms with Gasteiger partial charge in [0.05, 0.1) is 0 Å². The monoisotopic (exact) mass is 254 g/mol. The zero-order valence-corrected chi connectivity index (χ0v) is 11.5. The number of nitrogen functional groups attached to an aromatic ring is 1. The van der Waals surface area contributed by atoms with Crippen LogP contribution in [0.5, 0.6) is 0 Å². The van der Waals surface area contributed by atoms with Crippen LogP contribution in [0.3, 0.4) is 0 Å². The molecule has 0 spiro atoms. The largest absolute Gasteiger partial charge is 0.402 e. The smallest absolute Gasteiger partial charge is 0.0387 e. The summed E-state index contributed by atoms with van der Waals surface area (Å²) in [5.74, 6) is 0. The second kappa shape index (κ2) is 6.28. The summed E-state index contributed by atoms with van der Waals surface area (Å²) in [5, 5.41) is 0. The van der Waals surface area contributed by atoms with Crippen molar-refractivity contribution in [1.82, 2.24) is 0 Å². The summed E-state index contributed by atoms with van der Waals surface area (Å²) in [5.41, 5.74) is 17.5. The Kier molecular flexibility index (Phi) is 4.45. The van der Waals surface area contributed by atoms with Gasteiger partial charge in [-0.3, -0.25) is 0 Å². The van der Waals surface area contributed by atoms with Crippen LogP contribution in [0.15, 0.2) is 47.7 Å². The van der Waals surface area contributed by atoms with Crippen LogP contribution in [-0.4, -0.2) is 0 Å². The molecule has 4 N–H and O–H groups in total. The Hall–Kier alpha value is -1.96. The van der Waals surface area contributed by atoms with E-state index in [1.165, 1.54) is 11.1 Å². The van der Waals surface area contributed by atoms with Crippen LogP contribution in [0.4, 0.5) is 5.69 Å². The highest BCUT2D eigenvalue weighted by molar-refractivity contribution is 5.65. The summed E-state index contributed by atoms with van der Waals surface area (Å²) in [6, 6.07) is 6.30. The fourth-order valence-electron chi connectivity index (χ4n) is 2.31. The molecule has 0 unspecified atom stereocenters. The fraction of sp³-hybridized carbons (Fsp3) is 0.294. The van der Waals surface area contributed by atoms with Gasteiger partial charge in [-0.2, -0.15) is 0 Å². The molecule has 2 nitrogen and oxygen atoms in total. The van der Waals surface area contributed by atoms with E-state index in [9.17, 15) is 0 Å². The van der Waals surface area contributed by atoms with Gasteiger partial charge in [-0.15, -0.1) is 0 Å². The fourth-order valence-corrected chi connectivity index (χ4v) is 2.31. The Balaban J connectivity index is 2.02. The highest BCUT2D eigenvalue weighted by Gasteiger charge is 2.05. The minimum atomic E-state index is 0.842. The van der Waals surface area contributed by atoms with Crippen LogP contribution < -0.4 is 11.5 Å². The third-order valence-electron chi connectivity index (χ3n) is 3.50. The van der Waals surface area contributed by atoms with Crippen molar-refractivity contribution < 1.29 is 0 Å². The van der Waals surface area contributed by atoms with E-state index in [0.717, 1.165) is 42.6 Å². The van der Waals surface area contributed by atoms with Crippen molar-refractivity contribution >= 4 is 11.8 Å². The van der Waals surface area contributed by atoms with Crippen LogP contribution in [0, 0.1) is 0 Å². The van der Waals surface area contributed by atoms with Crippen LogP contribution in [0.2, 0.25) is 0 Å². The molecule has 0 aromatic heterocycles. The highest BCUT2D eigenvalue weighted by Crippen LogP contribution is 2.22. The quantitative estimate of drug-likeness (QED) is 0.803. The molecule has 1 aromatic rings. The second-order valence-electron chi connectivity index (χ2n) is 5.03. The van der Waals surface area contributed by atoms with E-state index in [4.69, 9.17) is 11.5 Å². The molecule has 0 aliphatic heterocycles. The van der Waals surface area contributed by atoms with Crippen LogP contribution >= 0.6 is 0 Å². The van der Waals surface area contributed by atoms with Crippen molar-refractivity contribution in [3.05, 3.63) is 58.8 Å². The first-order chi connectivity index (χ1) is 9.19. The lowest BCUT2D eigenvalue weighted by Gasteiger charge is -2.12. The third-order valence-corrected chi connectivity index (χ3v) is 3.50. The average molecular weight is 254 g/mol. The summed E-state index contributed by atoms with van der Waals surface area (Å²) in [7, 11) is 0. The van der Waals surface area contributed by atoms with Gasteiger partial charge in [0.1, 0.15) is 0 Å². The van der Waals surface area contributed by atoms with Gasteiger partial charge in [0, 0.05) is 11.4 Å². The summed E-state index contributed by atoms with van der Waals surface area (Å²) in [6.45, 7) is 2.01. The molecule has 100 valence electrons. The van der Waals surface area contributed by atoms with Crippen LogP contribution in [-0.2, 0) is 6.42 Å². The van der Waals surface area contributed by atoms with Crippen molar-refractivity contribution in [2.45, 2.75) is 32.6 Å². The van der Waals surface area contributed by atoms with Gasteiger partial charge in [0.25, 0.3) is 0 Å². The first-order valence-corrected chi connectivity index (χ1v) is 6.84. The predicted molar refractivity (Wildman–Crippen MR) is 83.5 cm³/mol. The number of allylic oxidation sites excluding steroid dienone is 5. The summed E-state index contributed by atoms with van der Waals surface area (Å²) >= 11 is 0. The normalized spacial score (nSPS) is 15.4. The number of anilines is 1. The SMILES string of the molecule is C/C=C\c1cc(CCC2=CC=C(N)CC2)ccc1N. The van der Waals surface area contributed by atoms with Gasteiger partial charge < -0.3 is 11.5 Å². The Bertz CT molecular complexity index is 536. The first-order valence-electron chi connectivity index (χ1n) is 6.84. The standard InChI is InChI=1S/C17H22N2/c1-2-3-15-12-14(8-11-17(15)19)5-4-13-6-9-16(18)10-7-13/h2-3,6,8-9,11-12H,4-5,7,10,18-19H2,1H3/b3-2-. The van der Waals surface area contributed by atoms with Crippen molar-refractivity contribution in [3.8, 4) is 0 Å².